The van der Waals surface area contributed by atoms with E-state index in [1.807, 2.05) is 0 Å². The van der Waals surface area contributed by atoms with E-state index in [0.29, 0.717) is 16.3 Å². The normalized spacial score (nSPS) is 11.4. The molecular formula is C13H10Cl2FNO2S. The Morgan fingerprint density at radius 3 is 2.45 bits per heavy atom. The van der Waals surface area contributed by atoms with Crippen LogP contribution >= 0.6 is 23.2 Å². The first kappa shape index (κ1) is 15.1. The third-order valence-corrected chi connectivity index (χ3v) is 4.95. The highest BCUT2D eigenvalue weighted by molar-refractivity contribution is 7.92. The van der Waals surface area contributed by atoms with Crippen LogP contribution in [0.25, 0.3) is 0 Å². The summed E-state index contributed by atoms with van der Waals surface area (Å²) in [6, 6.07) is 7.95. The molecule has 106 valence electrons. The average molecular weight is 334 g/mol. The lowest BCUT2D eigenvalue weighted by atomic mass is 10.2. The van der Waals surface area contributed by atoms with E-state index in [1.54, 1.807) is 25.1 Å². The molecule has 0 atom stereocenters. The van der Waals surface area contributed by atoms with Crippen molar-refractivity contribution >= 4 is 38.9 Å². The van der Waals surface area contributed by atoms with Crippen molar-refractivity contribution in [2.24, 2.45) is 0 Å². The quantitative estimate of drug-likeness (QED) is 0.912. The lowest BCUT2D eigenvalue weighted by Gasteiger charge is -2.12. The van der Waals surface area contributed by atoms with Crippen molar-refractivity contribution in [3.05, 3.63) is 57.8 Å². The van der Waals surface area contributed by atoms with Crippen LogP contribution in [0, 0.1) is 12.7 Å². The topological polar surface area (TPSA) is 46.2 Å². The highest BCUT2D eigenvalue weighted by atomic mass is 35.5. The van der Waals surface area contributed by atoms with Gasteiger partial charge in [0.25, 0.3) is 10.0 Å². The number of halogens is 3. The van der Waals surface area contributed by atoms with Crippen molar-refractivity contribution in [1.29, 1.82) is 0 Å². The number of sulfonamides is 1. The van der Waals surface area contributed by atoms with Gasteiger partial charge in [-0.1, -0.05) is 29.3 Å². The molecule has 0 aliphatic carbocycles. The molecule has 1 N–H and O–H groups in total. The molecule has 0 heterocycles. The first-order valence-electron chi connectivity index (χ1n) is 5.54. The zero-order valence-corrected chi connectivity index (χ0v) is 12.7. The highest BCUT2D eigenvalue weighted by Gasteiger charge is 2.19. The monoisotopic (exact) mass is 333 g/mol. The SMILES string of the molecule is Cc1c(Cl)cccc1NS(=O)(=O)c1ccc(F)cc1Cl. The van der Waals surface area contributed by atoms with E-state index < -0.39 is 15.8 Å². The Bertz CT molecular complexity index is 763. The zero-order valence-electron chi connectivity index (χ0n) is 10.3. The molecule has 0 spiro atoms. The van der Waals surface area contributed by atoms with E-state index in [4.69, 9.17) is 23.2 Å². The molecule has 7 heteroatoms. The summed E-state index contributed by atoms with van der Waals surface area (Å²) in [6.45, 7) is 1.69. The van der Waals surface area contributed by atoms with Crippen LogP contribution in [0.5, 0.6) is 0 Å². The summed E-state index contributed by atoms with van der Waals surface area (Å²) in [6.07, 6.45) is 0. The third-order valence-electron chi connectivity index (χ3n) is 2.70. The average Bonchev–Trinajstić information content (AvgIpc) is 2.34. The van der Waals surface area contributed by atoms with Crippen LogP contribution in [0.1, 0.15) is 5.56 Å². The molecule has 2 rings (SSSR count). The van der Waals surface area contributed by atoms with Crippen molar-refractivity contribution < 1.29 is 12.8 Å². The van der Waals surface area contributed by atoms with Crippen molar-refractivity contribution in [3.8, 4) is 0 Å². The summed E-state index contributed by atoms with van der Waals surface area (Å²) in [4.78, 5) is -0.194. The van der Waals surface area contributed by atoms with Crippen molar-refractivity contribution in [2.45, 2.75) is 11.8 Å². The number of benzene rings is 2. The van der Waals surface area contributed by atoms with Gasteiger partial charge in [-0.05, 0) is 42.8 Å². The zero-order chi connectivity index (χ0) is 14.9. The molecule has 0 radical (unpaired) electrons. The predicted octanol–water partition coefficient (Wildman–Crippen LogP) is 4.24. The Morgan fingerprint density at radius 1 is 1.10 bits per heavy atom. The minimum atomic E-state index is -3.91. The fraction of sp³-hybridized carbons (Fsp3) is 0.0769. The Kier molecular flexibility index (Phi) is 4.22. The molecule has 0 aromatic heterocycles. The number of anilines is 1. The van der Waals surface area contributed by atoms with Gasteiger partial charge in [0.2, 0.25) is 0 Å². The first-order chi connectivity index (χ1) is 9.31. The molecule has 0 aliphatic rings. The summed E-state index contributed by atoms with van der Waals surface area (Å²) in [7, 11) is -3.91. The summed E-state index contributed by atoms with van der Waals surface area (Å²) in [5.74, 6) is -0.604. The number of hydrogen-bond acceptors (Lipinski definition) is 2. The van der Waals surface area contributed by atoms with Crippen LogP contribution in [0.15, 0.2) is 41.3 Å². The van der Waals surface area contributed by atoms with Gasteiger partial charge in [0, 0.05) is 5.02 Å². The Balaban J connectivity index is 2.44. The summed E-state index contributed by atoms with van der Waals surface area (Å²) in [5.41, 5.74) is 0.939. The maximum atomic E-state index is 13.0. The summed E-state index contributed by atoms with van der Waals surface area (Å²) >= 11 is 11.7. The minimum Gasteiger partial charge on any atom is -0.279 e. The number of rotatable bonds is 3. The number of nitrogens with one attached hydrogen (secondary N) is 1. The van der Waals surface area contributed by atoms with Crippen molar-refractivity contribution in [3.63, 3.8) is 0 Å². The largest absolute Gasteiger partial charge is 0.279 e. The van der Waals surface area contributed by atoms with Gasteiger partial charge < -0.3 is 0 Å². The van der Waals surface area contributed by atoms with Gasteiger partial charge in [0.15, 0.2) is 0 Å². The third kappa shape index (κ3) is 3.06. The lowest BCUT2D eigenvalue weighted by Crippen LogP contribution is -2.14. The van der Waals surface area contributed by atoms with Gasteiger partial charge in [-0.3, -0.25) is 4.72 Å². The predicted molar refractivity (Wildman–Crippen MR) is 78.4 cm³/mol. The van der Waals surface area contributed by atoms with Gasteiger partial charge in [0.05, 0.1) is 10.7 Å². The maximum Gasteiger partial charge on any atom is 0.263 e. The van der Waals surface area contributed by atoms with Crippen LogP contribution in [0.4, 0.5) is 10.1 Å². The standard InChI is InChI=1S/C13H10Cl2FNO2S/c1-8-10(14)3-2-4-12(8)17-20(18,19)13-6-5-9(16)7-11(13)15/h2-7,17H,1H3. The molecule has 0 bridgehead atoms. The molecule has 0 amide bonds. The molecule has 2 aromatic carbocycles. The molecule has 2 aromatic rings. The second kappa shape index (κ2) is 5.60. The molecule has 0 unspecified atom stereocenters. The van der Waals surface area contributed by atoms with E-state index in [2.05, 4.69) is 4.72 Å². The van der Waals surface area contributed by atoms with E-state index in [9.17, 15) is 12.8 Å². The van der Waals surface area contributed by atoms with E-state index >= 15 is 0 Å². The summed E-state index contributed by atoms with van der Waals surface area (Å²) in [5, 5.41) is 0.257. The van der Waals surface area contributed by atoms with Crippen LogP contribution < -0.4 is 4.72 Å². The molecule has 0 saturated carbocycles. The van der Waals surface area contributed by atoms with Crippen LogP contribution in [-0.4, -0.2) is 8.42 Å². The van der Waals surface area contributed by atoms with Crippen LogP contribution in [-0.2, 0) is 10.0 Å². The van der Waals surface area contributed by atoms with Gasteiger partial charge >= 0.3 is 0 Å². The van der Waals surface area contributed by atoms with Gasteiger partial charge in [-0.15, -0.1) is 0 Å². The minimum absolute atomic E-state index is 0.183. The first-order valence-corrected chi connectivity index (χ1v) is 7.78. The van der Waals surface area contributed by atoms with E-state index in [0.717, 1.165) is 18.2 Å². The Hall–Kier alpha value is -1.30. The smallest absolute Gasteiger partial charge is 0.263 e. The van der Waals surface area contributed by atoms with Crippen molar-refractivity contribution in [1.82, 2.24) is 0 Å². The molecule has 0 aliphatic heterocycles. The van der Waals surface area contributed by atoms with Gasteiger partial charge in [0.1, 0.15) is 10.7 Å². The second-order valence-corrected chi connectivity index (χ2v) is 6.56. The fourth-order valence-corrected chi connectivity index (χ4v) is 3.44. The van der Waals surface area contributed by atoms with Crippen molar-refractivity contribution in [2.75, 3.05) is 4.72 Å². The van der Waals surface area contributed by atoms with Gasteiger partial charge in [-0.2, -0.15) is 0 Å². The lowest BCUT2D eigenvalue weighted by molar-refractivity contribution is 0.599. The molecule has 0 fully saturated rings. The molecule has 0 saturated heterocycles. The Labute approximate surface area is 126 Å². The molecule has 3 nitrogen and oxygen atoms in total. The van der Waals surface area contributed by atoms with Gasteiger partial charge in [-0.25, -0.2) is 12.8 Å². The highest BCUT2D eigenvalue weighted by Crippen LogP contribution is 2.28. The van der Waals surface area contributed by atoms with E-state index in [-0.39, 0.29) is 9.92 Å². The number of hydrogen-bond donors (Lipinski definition) is 1. The fourth-order valence-electron chi connectivity index (χ4n) is 1.61. The molecular weight excluding hydrogens is 324 g/mol. The molecule has 20 heavy (non-hydrogen) atoms. The summed E-state index contributed by atoms with van der Waals surface area (Å²) < 4.78 is 39.8. The van der Waals surface area contributed by atoms with Crippen LogP contribution in [0.3, 0.4) is 0 Å². The second-order valence-electron chi connectivity index (χ2n) is 4.09. The van der Waals surface area contributed by atoms with Crippen LogP contribution in [0.2, 0.25) is 10.0 Å². The van der Waals surface area contributed by atoms with E-state index in [1.165, 1.54) is 0 Å². The Morgan fingerprint density at radius 2 is 1.80 bits per heavy atom. The maximum absolute atomic E-state index is 13.0.